The summed E-state index contributed by atoms with van der Waals surface area (Å²) in [6.07, 6.45) is 0. The summed E-state index contributed by atoms with van der Waals surface area (Å²) >= 11 is 3.57. The highest BCUT2D eigenvalue weighted by atomic mass is 79.9. The zero-order valence-corrected chi connectivity index (χ0v) is 11.8. The number of nitrogens with zero attached hydrogens (tertiary/aromatic N) is 1. The maximum atomic E-state index is 5.13. The first-order valence-corrected chi connectivity index (χ1v) is 6.21. The number of ether oxygens (including phenoxy) is 1. The largest absolute Gasteiger partial charge is 0.388 e. The molecule has 0 atom stereocenters. The number of fused-ring (bicyclic) bond motifs is 1. The Balaban J connectivity index is 2.73. The van der Waals surface area contributed by atoms with Crippen molar-refractivity contribution in [3.8, 4) is 0 Å². The lowest BCUT2D eigenvalue weighted by Crippen LogP contribution is -1.98. The molecule has 1 N–H and O–H groups in total. The van der Waals surface area contributed by atoms with Crippen molar-refractivity contribution in [2.24, 2.45) is 0 Å². The Morgan fingerprint density at radius 3 is 2.76 bits per heavy atom. The molecule has 0 saturated carbocycles. The van der Waals surface area contributed by atoms with Gasteiger partial charge in [-0.05, 0) is 46.6 Å². The number of aryl methyl sites for hydroxylation is 1. The Hall–Kier alpha value is -1.13. The maximum Gasteiger partial charge on any atom is 0.0885 e. The topological polar surface area (TPSA) is 34.1 Å². The van der Waals surface area contributed by atoms with E-state index in [9.17, 15) is 0 Å². The average Bonchev–Trinajstić information content (AvgIpc) is 2.29. The van der Waals surface area contributed by atoms with Crippen molar-refractivity contribution in [3.05, 3.63) is 33.9 Å². The number of halogens is 1. The van der Waals surface area contributed by atoms with Gasteiger partial charge < -0.3 is 10.1 Å². The normalized spacial score (nSPS) is 10.8. The van der Waals surface area contributed by atoms with Crippen LogP contribution in [0.3, 0.4) is 0 Å². The van der Waals surface area contributed by atoms with E-state index in [1.165, 1.54) is 5.56 Å². The molecule has 0 aliphatic carbocycles. The molecule has 90 valence electrons. The van der Waals surface area contributed by atoms with Crippen molar-refractivity contribution in [1.82, 2.24) is 4.98 Å². The fourth-order valence-corrected chi connectivity index (χ4v) is 2.57. The van der Waals surface area contributed by atoms with Crippen molar-refractivity contribution in [3.63, 3.8) is 0 Å². The minimum atomic E-state index is 0.519. The van der Waals surface area contributed by atoms with Gasteiger partial charge in [-0.25, -0.2) is 4.98 Å². The quantitative estimate of drug-likeness (QED) is 0.941. The van der Waals surface area contributed by atoms with E-state index < -0.39 is 0 Å². The molecular weight excluding hydrogens is 280 g/mol. The van der Waals surface area contributed by atoms with Crippen molar-refractivity contribution < 1.29 is 4.74 Å². The Bertz CT molecular complexity index is 555. The minimum Gasteiger partial charge on any atom is -0.388 e. The lowest BCUT2D eigenvalue weighted by atomic mass is 10.1. The third-order valence-electron chi connectivity index (χ3n) is 2.63. The first-order valence-electron chi connectivity index (χ1n) is 5.42. The van der Waals surface area contributed by atoms with Gasteiger partial charge in [0.15, 0.2) is 0 Å². The van der Waals surface area contributed by atoms with E-state index in [1.54, 1.807) is 7.11 Å². The Morgan fingerprint density at radius 2 is 2.12 bits per heavy atom. The van der Waals surface area contributed by atoms with Gasteiger partial charge in [-0.1, -0.05) is 0 Å². The molecule has 1 aromatic heterocycles. The van der Waals surface area contributed by atoms with Crippen LogP contribution in [0.1, 0.15) is 11.3 Å². The highest BCUT2D eigenvalue weighted by Crippen LogP contribution is 2.30. The number of benzene rings is 1. The number of aromatic nitrogens is 1. The Kier molecular flexibility index (Phi) is 3.64. The number of anilines is 1. The minimum absolute atomic E-state index is 0.519. The lowest BCUT2D eigenvalue weighted by Gasteiger charge is -2.11. The predicted octanol–water partition coefficient (Wildman–Crippen LogP) is 3.49. The Labute approximate surface area is 109 Å². The number of pyridine rings is 1. The van der Waals surface area contributed by atoms with Gasteiger partial charge in [-0.2, -0.15) is 0 Å². The van der Waals surface area contributed by atoms with E-state index in [2.05, 4.69) is 45.3 Å². The molecule has 0 bridgehead atoms. The summed E-state index contributed by atoms with van der Waals surface area (Å²) in [4.78, 5) is 4.60. The van der Waals surface area contributed by atoms with Crippen LogP contribution in [-0.2, 0) is 11.3 Å². The van der Waals surface area contributed by atoms with Crippen LogP contribution in [0, 0.1) is 6.92 Å². The highest BCUT2D eigenvalue weighted by molar-refractivity contribution is 9.10. The van der Waals surface area contributed by atoms with Crippen LogP contribution in [0.4, 0.5) is 5.69 Å². The summed E-state index contributed by atoms with van der Waals surface area (Å²) in [5, 5.41) is 4.33. The maximum absolute atomic E-state index is 5.13. The molecule has 0 amide bonds. The number of rotatable bonds is 3. The standard InChI is InChI=1S/C13H15BrN2O/c1-8-4-10-12(15-2)6-9(7-17-3)16-13(10)11(14)5-8/h4-6H,7H2,1-3H3,(H,15,16). The number of methoxy groups -OCH3 is 1. The lowest BCUT2D eigenvalue weighted by molar-refractivity contribution is 0.182. The zero-order valence-electron chi connectivity index (χ0n) is 10.2. The smallest absolute Gasteiger partial charge is 0.0885 e. The number of hydrogen-bond donors (Lipinski definition) is 1. The van der Waals surface area contributed by atoms with Crippen molar-refractivity contribution in [2.75, 3.05) is 19.5 Å². The van der Waals surface area contributed by atoms with E-state index in [0.717, 1.165) is 26.8 Å². The van der Waals surface area contributed by atoms with Crippen LogP contribution in [0.5, 0.6) is 0 Å². The molecule has 0 fully saturated rings. The second-order valence-electron chi connectivity index (χ2n) is 3.99. The van der Waals surface area contributed by atoms with Crippen LogP contribution in [-0.4, -0.2) is 19.1 Å². The molecule has 0 saturated heterocycles. The van der Waals surface area contributed by atoms with Crippen LogP contribution in [0.25, 0.3) is 10.9 Å². The number of hydrogen-bond acceptors (Lipinski definition) is 3. The van der Waals surface area contributed by atoms with Gasteiger partial charge in [-0.15, -0.1) is 0 Å². The van der Waals surface area contributed by atoms with Crippen molar-refractivity contribution in [2.45, 2.75) is 13.5 Å². The summed E-state index contributed by atoms with van der Waals surface area (Å²) < 4.78 is 6.15. The summed E-state index contributed by atoms with van der Waals surface area (Å²) in [7, 11) is 3.59. The molecule has 3 nitrogen and oxygen atoms in total. The Morgan fingerprint density at radius 1 is 1.35 bits per heavy atom. The molecule has 0 aliphatic rings. The van der Waals surface area contributed by atoms with Gasteiger partial charge in [0, 0.05) is 29.7 Å². The fourth-order valence-electron chi connectivity index (χ4n) is 1.90. The second-order valence-corrected chi connectivity index (χ2v) is 4.84. The van der Waals surface area contributed by atoms with Crippen LogP contribution >= 0.6 is 15.9 Å². The molecule has 2 aromatic rings. The molecule has 0 unspecified atom stereocenters. The highest BCUT2D eigenvalue weighted by Gasteiger charge is 2.08. The molecular formula is C13H15BrN2O. The molecule has 0 radical (unpaired) electrons. The van der Waals surface area contributed by atoms with E-state index in [1.807, 2.05) is 13.1 Å². The van der Waals surface area contributed by atoms with Gasteiger partial charge in [0.1, 0.15) is 0 Å². The summed E-state index contributed by atoms with van der Waals surface area (Å²) in [5.74, 6) is 0. The van der Waals surface area contributed by atoms with E-state index in [-0.39, 0.29) is 0 Å². The molecule has 0 spiro atoms. The molecule has 1 aromatic carbocycles. The number of nitrogens with one attached hydrogen (secondary N) is 1. The van der Waals surface area contributed by atoms with Gasteiger partial charge >= 0.3 is 0 Å². The van der Waals surface area contributed by atoms with E-state index in [0.29, 0.717) is 6.61 Å². The van der Waals surface area contributed by atoms with Crippen LogP contribution in [0.15, 0.2) is 22.7 Å². The van der Waals surface area contributed by atoms with E-state index in [4.69, 9.17) is 4.74 Å². The monoisotopic (exact) mass is 294 g/mol. The molecule has 4 heteroatoms. The van der Waals surface area contributed by atoms with Crippen LogP contribution in [0.2, 0.25) is 0 Å². The summed E-state index contributed by atoms with van der Waals surface area (Å²) in [5.41, 5.74) is 4.18. The molecule has 17 heavy (non-hydrogen) atoms. The molecule has 2 rings (SSSR count). The first kappa shape index (κ1) is 12.3. The van der Waals surface area contributed by atoms with Crippen LogP contribution < -0.4 is 5.32 Å². The second kappa shape index (κ2) is 5.02. The molecule has 1 heterocycles. The van der Waals surface area contributed by atoms with Gasteiger partial charge in [0.25, 0.3) is 0 Å². The molecule has 0 aliphatic heterocycles. The summed E-state index contributed by atoms with van der Waals surface area (Å²) in [6.45, 7) is 2.59. The van der Waals surface area contributed by atoms with Crippen molar-refractivity contribution >= 4 is 32.5 Å². The van der Waals surface area contributed by atoms with Gasteiger partial charge in [-0.3, -0.25) is 0 Å². The predicted molar refractivity (Wildman–Crippen MR) is 74.4 cm³/mol. The van der Waals surface area contributed by atoms with Crippen molar-refractivity contribution in [1.29, 1.82) is 0 Å². The fraction of sp³-hybridized carbons (Fsp3) is 0.308. The first-order chi connectivity index (χ1) is 8.15. The SMILES string of the molecule is CNc1cc(COC)nc2c(Br)cc(C)cc12. The zero-order chi connectivity index (χ0) is 12.4. The third-order valence-corrected chi connectivity index (χ3v) is 3.23. The average molecular weight is 295 g/mol. The summed E-state index contributed by atoms with van der Waals surface area (Å²) in [6, 6.07) is 6.23. The van der Waals surface area contributed by atoms with E-state index >= 15 is 0 Å². The van der Waals surface area contributed by atoms with Gasteiger partial charge in [0.2, 0.25) is 0 Å². The third kappa shape index (κ3) is 2.42. The van der Waals surface area contributed by atoms with Gasteiger partial charge in [0.05, 0.1) is 17.8 Å².